The molecule has 140 valence electrons. The largest absolute Gasteiger partial charge is 0.325 e. The summed E-state index contributed by atoms with van der Waals surface area (Å²) in [5.74, 6) is -0.0897. The Hall–Kier alpha value is -2.60. The summed E-state index contributed by atoms with van der Waals surface area (Å²) in [6.45, 7) is 6.01. The van der Waals surface area contributed by atoms with Crippen LogP contribution in [-0.2, 0) is 11.8 Å². The first kappa shape index (κ1) is 19.2. The van der Waals surface area contributed by atoms with E-state index >= 15 is 0 Å². The van der Waals surface area contributed by atoms with E-state index in [1.165, 1.54) is 21.9 Å². The average Bonchev–Trinajstić information content (AvgIpc) is 2.66. The maximum absolute atomic E-state index is 12.8. The van der Waals surface area contributed by atoms with Crippen LogP contribution in [0, 0.1) is 13.8 Å². The zero-order chi connectivity index (χ0) is 19.6. The lowest BCUT2D eigenvalue weighted by atomic mass is 10.1. The summed E-state index contributed by atoms with van der Waals surface area (Å²) in [5, 5.41) is 3.76. The van der Waals surface area contributed by atoms with Gasteiger partial charge in [0.25, 0.3) is 5.56 Å². The van der Waals surface area contributed by atoms with Crippen LogP contribution in [0.1, 0.15) is 24.5 Å². The van der Waals surface area contributed by atoms with Gasteiger partial charge in [-0.2, -0.15) is 0 Å². The molecule has 0 saturated carbocycles. The minimum atomic E-state index is -0.342. The van der Waals surface area contributed by atoms with Crippen molar-refractivity contribution in [2.75, 3.05) is 5.32 Å². The first-order chi connectivity index (χ1) is 12.9. The summed E-state index contributed by atoms with van der Waals surface area (Å²) >= 11 is 1.32. The summed E-state index contributed by atoms with van der Waals surface area (Å²) < 4.78 is 1.51. The molecule has 0 bridgehead atoms. The molecule has 1 aromatic heterocycles. The third-order valence-corrected chi connectivity index (χ3v) is 6.04. The van der Waals surface area contributed by atoms with Crippen LogP contribution >= 0.6 is 11.8 Å². The second-order valence-corrected chi connectivity index (χ2v) is 7.75. The summed E-state index contributed by atoms with van der Waals surface area (Å²) in [5.41, 5.74) is 3.64. The molecule has 0 saturated heterocycles. The maximum atomic E-state index is 12.8. The maximum Gasteiger partial charge on any atom is 0.261 e. The Labute approximate surface area is 162 Å². The number of hydrogen-bond acceptors (Lipinski definition) is 4. The van der Waals surface area contributed by atoms with Gasteiger partial charge < -0.3 is 5.32 Å². The Morgan fingerprint density at radius 3 is 2.63 bits per heavy atom. The number of benzene rings is 2. The molecular formula is C21H23N3O2S. The third-order valence-electron chi connectivity index (χ3n) is 4.63. The molecule has 1 N–H and O–H groups in total. The Morgan fingerprint density at radius 1 is 1.19 bits per heavy atom. The molecule has 1 unspecified atom stereocenters. The number of aromatic nitrogens is 2. The number of fused-ring (bicyclic) bond motifs is 1. The van der Waals surface area contributed by atoms with Crippen LogP contribution in [0.4, 0.5) is 5.69 Å². The zero-order valence-corrected chi connectivity index (χ0v) is 16.8. The number of carbonyl (C=O) groups is 1. The molecule has 6 heteroatoms. The molecule has 1 amide bonds. The van der Waals surface area contributed by atoms with Crippen LogP contribution in [-0.4, -0.2) is 20.7 Å². The second kappa shape index (κ2) is 7.96. The van der Waals surface area contributed by atoms with Crippen molar-refractivity contribution >= 4 is 34.3 Å². The quantitative estimate of drug-likeness (QED) is 0.535. The number of aryl methyl sites for hydroxylation is 2. The second-order valence-electron chi connectivity index (χ2n) is 6.58. The topological polar surface area (TPSA) is 64.0 Å². The highest BCUT2D eigenvalue weighted by Gasteiger charge is 2.21. The molecule has 0 aliphatic carbocycles. The number of amides is 1. The van der Waals surface area contributed by atoms with Crippen LogP contribution in [0.25, 0.3) is 10.9 Å². The van der Waals surface area contributed by atoms with Crippen molar-refractivity contribution in [3.05, 3.63) is 63.9 Å². The fourth-order valence-electron chi connectivity index (χ4n) is 2.79. The van der Waals surface area contributed by atoms with E-state index in [9.17, 15) is 9.59 Å². The third kappa shape index (κ3) is 4.06. The van der Waals surface area contributed by atoms with Crippen molar-refractivity contribution < 1.29 is 4.79 Å². The van der Waals surface area contributed by atoms with Crippen LogP contribution in [0.5, 0.6) is 0 Å². The van der Waals surface area contributed by atoms with E-state index in [-0.39, 0.29) is 16.7 Å². The number of rotatable bonds is 5. The molecule has 0 radical (unpaired) electrons. The molecule has 2 aromatic carbocycles. The summed E-state index contributed by atoms with van der Waals surface area (Å²) in [4.78, 5) is 29.9. The Balaban J connectivity index is 1.85. The predicted octanol–water partition coefficient (Wildman–Crippen LogP) is 4.06. The molecule has 1 atom stereocenters. The average molecular weight is 382 g/mol. The minimum Gasteiger partial charge on any atom is -0.325 e. The van der Waals surface area contributed by atoms with Gasteiger partial charge in [-0.25, -0.2) is 4.98 Å². The Kier molecular flexibility index (Phi) is 5.65. The molecule has 0 spiro atoms. The number of anilines is 1. The zero-order valence-electron chi connectivity index (χ0n) is 15.9. The van der Waals surface area contributed by atoms with Gasteiger partial charge in [-0.05, 0) is 55.7 Å². The summed E-state index contributed by atoms with van der Waals surface area (Å²) in [6.07, 6.45) is 0.629. The number of thioether (sulfide) groups is 1. The van der Waals surface area contributed by atoms with Crippen LogP contribution in [0.15, 0.2) is 52.4 Å². The van der Waals surface area contributed by atoms with Crippen LogP contribution < -0.4 is 10.9 Å². The summed E-state index contributed by atoms with van der Waals surface area (Å²) in [7, 11) is 1.69. The highest BCUT2D eigenvalue weighted by atomic mass is 32.2. The molecule has 3 aromatic rings. The van der Waals surface area contributed by atoms with E-state index < -0.39 is 0 Å². The lowest BCUT2D eigenvalue weighted by Gasteiger charge is -2.16. The van der Waals surface area contributed by atoms with E-state index in [0.29, 0.717) is 22.5 Å². The van der Waals surface area contributed by atoms with Crippen molar-refractivity contribution in [3.8, 4) is 0 Å². The molecule has 0 fully saturated rings. The number of para-hydroxylation sites is 1. The van der Waals surface area contributed by atoms with Gasteiger partial charge in [0.1, 0.15) is 0 Å². The van der Waals surface area contributed by atoms with E-state index in [1.54, 1.807) is 13.1 Å². The molecule has 0 aliphatic rings. The van der Waals surface area contributed by atoms with Gasteiger partial charge in [0.15, 0.2) is 5.16 Å². The monoisotopic (exact) mass is 381 g/mol. The lowest BCUT2D eigenvalue weighted by molar-refractivity contribution is -0.115. The first-order valence-corrected chi connectivity index (χ1v) is 9.79. The van der Waals surface area contributed by atoms with Crippen molar-refractivity contribution in [2.45, 2.75) is 37.6 Å². The number of carbonyl (C=O) groups excluding carboxylic acids is 1. The van der Waals surface area contributed by atoms with Gasteiger partial charge in [-0.1, -0.05) is 36.9 Å². The number of nitrogens with one attached hydrogen (secondary N) is 1. The minimum absolute atomic E-state index is 0.0897. The molecule has 1 heterocycles. The van der Waals surface area contributed by atoms with Crippen molar-refractivity contribution in [1.82, 2.24) is 9.55 Å². The van der Waals surface area contributed by atoms with Gasteiger partial charge in [0.05, 0.1) is 16.2 Å². The van der Waals surface area contributed by atoms with Crippen LogP contribution in [0.3, 0.4) is 0 Å². The van der Waals surface area contributed by atoms with E-state index in [0.717, 1.165) is 11.3 Å². The van der Waals surface area contributed by atoms with E-state index in [1.807, 2.05) is 57.2 Å². The number of nitrogens with zero attached hydrogens (tertiary/aromatic N) is 2. The van der Waals surface area contributed by atoms with Crippen LogP contribution in [0.2, 0.25) is 0 Å². The first-order valence-electron chi connectivity index (χ1n) is 8.91. The lowest BCUT2D eigenvalue weighted by Crippen LogP contribution is -2.27. The molecule has 5 nitrogen and oxygen atoms in total. The van der Waals surface area contributed by atoms with Gasteiger partial charge >= 0.3 is 0 Å². The van der Waals surface area contributed by atoms with E-state index in [4.69, 9.17) is 0 Å². The summed E-state index contributed by atoms with van der Waals surface area (Å²) in [6, 6.07) is 13.1. The Bertz CT molecular complexity index is 1060. The highest BCUT2D eigenvalue weighted by molar-refractivity contribution is 8.00. The SMILES string of the molecule is CCC(Sc1nc2ccccc2c(=O)n1C)C(=O)Nc1ccc(C)c(C)c1. The van der Waals surface area contributed by atoms with Gasteiger partial charge in [0, 0.05) is 12.7 Å². The highest BCUT2D eigenvalue weighted by Crippen LogP contribution is 2.25. The van der Waals surface area contributed by atoms with Gasteiger partial charge in [-0.3, -0.25) is 14.2 Å². The van der Waals surface area contributed by atoms with E-state index in [2.05, 4.69) is 10.3 Å². The fourth-order valence-corrected chi connectivity index (χ4v) is 3.77. The Morgan fingerprint density at radius 2 is 1.93 bits per heavy atom. The number of hydrogen-bond donors (Lipinski definition) is 1. The van der Waals surface area contributed by atoms with Crippen molar-refractivity contribution in [2.24, 2.45) is 7.05 Å². The van der Waals surface area contributed by atoms with Crippen molar-refractivity contribution in [1.29, 1.82) is 0 Å². The fraction of sp³-hybridized carbons (Fsp3) is 0.286. The van der Waals surface area contributed by atoms with Gasteiger partial charge in [0.2, 0.25) is 5.91 Å². The predicted molar refractivity (Wildman–Crippen MR) is 111 cm³/mol. The normalized spacial score (nSPS) is 12.1. The van der Waals surface area contributed by atoms with Gasteiger partial charge in [-0.15, -0.1) is 0 Å². The smallest absolute Gasteiger partial charge is 0.261 e. The molecular weight excluding hydrogens is 358 g/mol. The molecule has 27 heavy (non-hydrogen) atoms. The molecule has 0 aliphatic heterocycles. The van der Waals surface area contributed by atoms with Crippen molar-refractivity contribution in [3.63, 3.8) is 0 Å². The standard InChI is InChI=1S/C21H23N3O2S/c1-5-18(19(25)22-15-11-10-13(2)14(3)12-15)27-21-23-17-9-7-6-8-16(17)20(26)24(21)4/h6-12,18H,5H2,1-4H3,(H,22,25). The molecule has 3 rings (SSSR count).